The van der Waals surface area contributed by atoms with Crippen molar-refractivity contribution in [1.82, 2.24) is 4.90 Å². The number of nitrogens with one attached hydrogen (secondary N) is 1. The number of hydrogen-bond acceptors (Lipinski definition) is 5. The van der Waals surface area contributed by atoms with Gasteiger partial charge in [0.2, 0.25) is 5.91 Å². The molecule has 1 N–H and O–H groups in total. The van der Waals surface area contributed by atoms with Crippen LogP contribution in [0.15, 0.2) is 24.3 Å². The zero-order valence-electron chi connectivity index (χ0n) is 12.1. The lowest BCUT2D eigenvalue weighted by molar-refractivity contribution is -0.383. The molecule has 1 aromatic rings. The van der Waals surface area contributed by atoms with Gasteiger partial charge in [0.05, 0.1) is 24.2 Å². The number of nitrogens with zero attached hydrogens (tertiary/aromatic N) is 2. The first kappa shape index (κ1) is 15.4. The number of nitro benzene ring substituents is 1. The lowest BCUT2D eigenvalue weighted by Gasteiger charge is -2.36. The molecule has 0 aliphatic carbocycles. The van der Waals surface area contributed by atoms with E-state index in [0.717, 1.165) is 0 Å². The van der Waals surface area contributed by atoms with Crippen LogP contribution in [-0.2, 0) is 9.53 Å². The summed E-state index contributed by atoms with van der Waals surface area (Å²) in [4.78, 5) is 24.5. The van der Waals surface area contributed by atoms with E-state index in [9.17, 15) is 14.9 Å². The summed E-state index contributed by atoms with van der Waals surface area (Å²) in [5.41, 5.74) is 0.121. The van der Waals surface area contributed by atoms with Gasteiger partial charge in [-0.25, -0.2) is 0 Å². The van der Waals surface area contributed by atoms with E-state index < -0.39 is 4.92 Å². The first-order valence-electron chi connectivity index (χ1n) is 6.86. The van der Waals surface area contributed by atoms with Gasteiger partial charge in [0, 0.05) is 18.7 Å². The fraction of sp³-hybridized carbons (Fsp3) is 0.500. The van der Waals surface area contributed by atoms with Gasteiger partial charge in [0.1, 0.15) is 5.69 Å². The van der Waals surface area contributed by atoms with E-state index in [1.807, 2.05) is 18.7 Å². The Morgan fingerprint density at radius 3 is 2.90 bits per heavy atom. The monoisotopic (exact) mass is 293 g/mol. The molecule has 0 spiro atoms. The molecule has 1 aliphatic heterocycles. The number of carbonyl (C=O) groups excluding carboxylic acids is 1. The number of amides is 1. The average Bonchev–Trinajstić information content (AvgIpc) is 2.43. The molecule has 1 heterocycles. The minimum atomic E-state index is -0.505. The molecule has 21 heavy (non-hydrogen) atoms. The number of nitro groups is 1. The quantitative estimate of drug-likeness (QED) is 0.674. The van der Waals surface area contributed by atoms with Gasteiger partial charge in [0.15, 0.2) is 0 Å². The highest BCUT2D eigenvalue weighted by atomic mass is 16.6. The molecule has 2 atom stereocenters. The van der Waals surface area contributed by atoms with Crippen molar-refractivity contribution in [3.63, 3.8) is 0 Å². The van der Waals surface area contributed by atoms with Crippen LogP contribution >= 0.6 is 0 Å². The van der Waals surface area contributed by atoms with Gasteiger partial charge in [0.25, 0.3) is 5.69 Å². The predicted molar refractivity (Wildman–Crippen MR) is 78.2 cm³/mol. The molecular formula is C14H19N3O4. The van der Waals surface area contributed by atoms with Crippen LogP contribution < -0.4 is 5.32 Å². The summed E-state index contributed by atoms with van der Waals surface area (Å²) < 4.78 is 5.51. The molecule has 1 aliphatic rings. The van der Waals surface area contributed by atoms with Crippen molar-refractivity contribution in [3.8, 4) is 0 Å². The summed E-state index contributed by atoms with van der Waals surface area (Å²) in [5, 5.41) is 13.5. The Morgan fingerprint density at radius 1 is 1.48 bits per heavy atom. The van der Waals surface area contributed by atoms with E-state index in [1.165, 1.54) is 12.1 Å². The Hall–Kier alpha value is -1.99. The van der Waals surface area contributed by atoms with E-state index in [-0.39, 0.29) is 36.0 Å². The van der Waals surface area contributed by atoms with Crippen LogP contribution in [0.3, 0.4) is 0 Å². The third kappa shape index (κ3) is 3.99. The van der Waals surface area contributed by atoms with Crippen molar-refractivity contribution in [1.29, 1.82) is 0 Å². The zero-order chi connectivity index (χ0) is 15.4. The molecule has 2 unspecified atom stereocenters. The summed E-state index contributed by atoms with van der Waals surface area (Å²) in [6.07, 6.45) is 0.0834. The molecule has 2 rings (SSSR count). The Balaban J connectivity index is 2.00. The Bertz CT molecular complexity index is 535. The molecule has 7 heteroatoms. The van der Waals surface area contributed by atoms with Gasteiger partial charge < -0.3 is 10.1 Å². The van der Waals surface area contributed by atoms with Gasteiger partial charge in [-0.2, -0.15) is 0 Å². The van der Waals surface area contributed by atoms with Crippen molar-refractivity contribution in [2.75, 3.05) is 25.0 Å². The zero-order valence-corrected chi connectivity index (χ0v) is 12.1. The van der Waals surface area contributed by atoms with Gasteiger partial charge in [-0.1, -0.05) is 12.1 Å². The fourth-order valence-electron chi connectivity index (χ4n) is 2.30. The molecule has 114 valence electrons. The minimum absolute atomic E-state index is 0.0834. The predicted octanol–water partition coefficient (Wildman–Crippen LogP) is 1.64. The Morgan fingerprint density at radius 2 is 2.19 bits per heavy atom. The average molecular weight is 293 g/mol. The number of rotatable bonds is 4. The molecular weight excluding hydrogens is 274 g/mol. The van der Waals surface area contributed by atoms with E-state index in [1.54, 1.807) is 12.1 Å². The maximum atomic E-state index is 12.1. The maximum absolute atomic E-state index is 12.1. The second kappa shape index (κ2) is 6.64. The van der Waals surface area contributed by atoms with E-state index in [2.05, 4.69) is 5.32 Å². The first-order chi connectivity index (χ1) is 9.97. The van der Waals surface area contributed by atoms with Crippen LogP contribution in [0.1, 0.15) is 13.8 Å². The molecule has 0 radical (unpaired) electrons. The van der Waals surface area contributed by atoms with Crippen LogP contribution in [-0.4, -0.2) is 47.6 Å². The van der Waals surface area contributed by atoms with Crippen molar-refractivity contribution in [3.05, 3.63) is 34.4 Å². The lowest BCUT2D eigenvalue weighted by atomic mass is 10.2. The van der Waals surface area contributed by atoms with Crippen molar-refractivity contribution < 1.29 is 14.5 Å². The largest absolute Gasteiger partial charge is 0.376 e. The van der Waals surface area contributed by atoms with Crippen LogP contribution in [0.2, 0.25) is 0 Å². The smallest absolute Gasteiger partial charge is 0.292 e. The summed E-state index contributed by atoms with van der Waals surface area (Å²) in [6, 6.07) is 6.27. The highest BCUT2D eigenvalue weighted by Gasteiger charge is 2.25. The molecule has 1 amide bonds. The molecule has 0 aromatic heterocycles. The number of benzene rings is 1. The second-order valence-corrected chi connectivity index (χ2v) is 5.24. The second-order valence-electron chi connectivity index (χ2n) is 5.24. The van der Waals surface area contributed by atoms with Crippen molar-refractivity contribution in [2.24, 2.45) is 0 Å². The number of morpholine rings is 1. The van der Waals surface area contributed by atoms with Gasteiger partial charge >= 0.3 is 0 Å². The Kier molecular flexibility index (Phi) is 4.87. The van der Waals surface area contributed by atoms with Gasteiger partial charge in [-0.15, -0.1) is 0 Å². The number of anilines is 1. The molecule has 0 bridgehead atoms. The standard InChI is InChI=1S/C14H19N3O4/c1-10-9-21-11(2)7-16(10)8-14(18)15-12-5-3-4-6-13(12)17(19)20/h3-6,10-11H,7-9H2,1-2H3,(H,15,18). The number of para-hydroxylation sites is 2. The molecule has 1 aromatic carbocycles. The third-order valence-corrected chi connectivity index (χ3v) is 3.46. The molecule has 7 nitrogen and oxygen atoms in total. The van der Waals surface area contributed by atoms with Crippen LogP contribution in [0.5, 0.6) is 0 Å². The Labute approximate surface area is 123 Å². The first-order valence-corrected chi connectivity index (χ1v) is 6.86. The highest BCUT2D eigenvalue weighted by Crippen LogP contribution is 2.23. The summed E-state index contributed by atoms with van der Waals surface area (Å²) in [7, 11) is 0. The van der Waals surface area contributed by atoms with E-state index in [4.69, 9.17) is 4.74 Å². The lowest BCUT2D eigenvalue weighted by Crippen LogP contribution is -2.50. The molecule has 1 fully saturated rings. The highest BCUT2D eigenvalue weighted by molar-refractivity contribution is 5.94. The van der Waals surface area contributed by atoms with Crippen LogP contribution in [0.4, 0.5) is 11.4 Å². The van der Waals surface area contributed by atoms with Crippen LogP contribution in [0.25, 0.3) is 0 Å². The minimum Gasteiger partial charge on any atom is -0.376 e. The summed E-state index contributed by atoms with van der Waals surface area (Å²) in [6.45, 7) is 5.40. The number of hydrogen-bond donors (Lipinski definition) is 1. The van der Waals surface area contributed by atoms with Gasteiger partial charge in [-0.3, -0.25) is 19.8 Å². The summed E-state index contributed by atoms with van der Waals surface area (Å²) in [5.74, 6) is -0.259. The van der Waals surface area contributed by atoms with Crippen molar-refractivity contribution >= 4 is 17.3 Å². The van der Waals surface area contributed by atoms with E-state index in [0.29, 0.717) is 13.2 Å². The topological polar surface area (TPSA) is 84.7 Å². The SMILES string of the molecule is CC1CN(CC(=O)Nc2ccccc2[N+](=O)[O-])C(C)CO1. The molecule has 0 saturated carbocycles. The summed E-state index contributed by atoms with van der Waals surface area (Å²) >= 11 is 0. The number of carbonyl (C=O) groups is 1. The normalized spacial score (nSPS) is 22.8. The van der Waals surface area contributed by atoms with E-state index >= 15 is 0 Å². The fourth-order valence-corrected chi connectivity index (χ4v) is 2.30. The molecule has 1 saturated heterocycles. The van der Waals surface area contributed by atoms with Crippen LogP contribution in [0, 0.1) is 10.1 Å². The van der Waals surface area contributed by atoms with Gasteiger partial charge in [-0.05, 0) is 19.9 Å². The van der Waals surface area contributed by atoms with Crippen molar-refractivity contribution in [2.45, 2.75) is 26.0 Å². The third-order valence-electron chi connectivity index (χ3n) is 3.46. The number of ether oxygens (including phenoxy) is 1. The maximum Gasteiger partial charge on any atom is 0.292 e.